The van der Waals surface area contributed by atoms with Crippen molar-refractivity contribution in [1.29, 1.82) is 0 Å². The van der Waals surface area contributed by atoms with Crippen molar-refractivity contribution in [3.8, 4) is 5.75 Å². The van der Waals surface area contributed by atoms with E-state index in [2.05, 4.69) is 47.5 Å². The van der Waals surface area contributed by atoms with Gasteiger partial charge in [0.2, 0.25) is 59.1 Å². The molecule has 10 amide bonds. The maximum Gasteiger partial charge on any atom is 0.326 e. The number of carbonyl (C=O) groups excluding carboxylic acids is 10. The number of benzene rings is 1. The zero-order valence-electron chi connectivity index (χ0n) is 46.5. The van der Waals surface area contributed by atoms with Crippen LogP contribution in [-0.4, -0.2) is 183 Å². The molecule has 2 rings (SSSR count). The molecule has 1 saturated heterocycles. The second-order valence-corrected chi connectivity index (χ2v) is 20.6. The summed E-state index contributed by atoms with van der Waals surface area (Å²) in [6, 6.07) is -7.67. The van der Waals surface area contributed by atoms with E-state index in [1.165, 1.54) is 29.2 Å². The lowest BCUT2D eigenvalue weighted by Gasteiger charge is -2.32. The second kappa shape index (κ2) is 33.7. The first-order chi connectivity index (χ1) is 37.5. The van der Waals surface area contributed by atoms with Crippen LogP contribution in [0.3, 0.4) is 0 Å². The lowest BCUT2D eigenvalue weighted by atomic mass is 9.96. The van der Waals surface area contributed by atoms with Gasteiger partial charge in [0.25, 0.3) is 0 Å². The zero-order valence-corrected chi connectivity index (χ0v) is 46.5. The van der Waals surface area contributed by atoms with E-state index < -0.39 is 163 Å². The van der Waals surface area contributed by atoms with Gasteiger partial charge in [0, 0.05) is 25.9 Å². The van der Waals surface area contributed by atoms with E-state index in [1.807, 2.05) is 0 Å². The molecule has 1 aliphatic heterocycles. The van der Waals surface area contributed by atoms with Crippen molar-refractivity contribution in [2.24, 2.45) is 45.7 Å². The molecule has 0 saturated carbocycles. The molecule has 0 bridgehead atoms. The number of guanidine groups is 1. The van der Waals surface area contributed by atoms with E-state index in [0.29, 0.717) is 18.4 Å². The lowest BCUT2D eigenvalue weighted by molar-refractivity contribution is -0.145. The van der Waals surface area contributed by atoms with Crippen LogP contribution in [0.15, 0.2) is 29.3 Å². The third-order valence-corrected chi connectivity index (χ3v) is 13.2. The van der Waals surface area contributed by atoms with Crippen LogP contribution in [0.2, 0.25) is 0 Å². The normalized spacial score (nSPS) is 16.9. The zero-order chi connectivity index (χ0) is 60.6. The Morgan fingerprint density at radius 3 is 1.77 bits per heavy atom. The predicted octanol–water partition coefficient (Wildman–Crippen LogP) is -4.71. The highest BCUT2D eigenvalue weighted by Crippen LogP contribution is 2.22. The standard InChI is InChI=1S/C51H84N14O15/c1-8-27(6)40(63-46(75)39(26(4)5)62-38(70)23-52)47(76)61-35(24-66)44(73)59-33(22-29-13-15-30(68)16-14-29)43(72)57-31(17-18-37(53)69)42(71)64-41(28(7)67)48(77)60-34(21-25(2)3)49(78)65-20-10-12-36(65)45(74)58-32(50(79)80)11-9-19-56-51(54)55/h13-16,25-28,31-36,39-41,66-68H,8-12,17-24,52H2,1-7H3,(H2,53,69)(H,57,72)(H,58,74)(H,59,73)(H,60,77)(H,61,76)(H,62,70)(H,63,75)(H,64,71)(H,79,80)(H4,54,55,56)/t27-,28+,31-,32-,33-,34-,35-,36-,39-,40-,41-/m0/s1. The summed E-state index contributed by atoms with van der Waals surface area (Å²) < 4.78 is 0. The number of aliphatic imine (C=N–C) groups is 1. The molecule has 0 radical (unpaired) electrons. The van der Waals surface area contributed by atoms with Crippen LogP contribution < -0.4 is 65.5 Å². The number of carboxylic acids is 1. The Bertz CT molecular complexity index is 2330. The number of phenols is 1. The van der Waals surface area contributed by atoms with Gasteiger partial charge in [0.15, 0.2) is 5.96 Å². The number of primary amides is 1. The SMILES string of the molecule is CC[C@H](C)[C@H](NC(=O)[C@@H](NC(=O)CN)C(C)C)C(=O)N[C@@H](CO)C(=O)N[C@@H](Cc1ccc(O)cc1)C(=O)N[C@@H](CCC(N)=O)C(=O)N[C@H](C(=O)N[C@@H](CC(C)C)C(=O)N1CCC[C@H]1C(=O)N[C@@H](CCCN=C(N)N)C(=O)O)[C@@H](C)O. The Hall–Kier alpha value is -7.66. The van der Waals surface area contributed by atoms with Gasteiger partial charge in [-0.05, 0) is 80.9 Å². The Balaban J connectivity index is 2.43. The minimum absolute atomic E-state index is 0.00885. The summed E-state index contributed by atoms with van der Waals surface area (Å²) in [5.74, 6) is -11.9. The average Bonchev–Trinajstić information content (AvgIpc) is 3.90. The molecule has 0 aromatic heterocycles. The highest BCUT2D eigenvalue weighted by Gasteiger charge is 2.41. The van der Waals surface area contributed by atoms with Crippen molar-refractivity contribution in [3.63, 3.8) is 0 Å². The number of nitrogens with two attached hydrogens (primary N) is 4. The number of nitrogens with zero attached hydrogens (tertiary/aromatic N) is 2. The van der Waals surface area contributed by atoms with Gasteiger partial charge in [-0.15, -0.1) is 0 Å². The third-order valence-electron chi connectivity index (χ3n) is 13.2. The topological polar surface area (TPSA) is 485 Å². The van der Waals surface area contributed by atoms with E-state index in [9.17, 15) is 73.2 Å². The van der Waals surface area contributed by atoms with Crippen LogP contribution in [0.4, 0.5) is 0 Å². The van der Waals surface area contributed by atoms with Gasteiger partial charge in [-0.2, -0.15) is 0 Å². The van der Waals surface area contributed by atoms with E-state index in [-0.39, 0.29) is 62.8 Å². The average molecular weight is 1130 g/mol. The molecule has 1 heterocycles. The Labute approximate surface area is 464 Å². The smallest absolute Gasteiger partial charge is 0.326 e. The number of aliphatic carboxylic acids is 1. The number of amides is 10. The van der Waals surface area contributed by atoms with Crippen LogP contribution in [0.25, 0.3) is 0 Å². The molecule has 0 spiro atoms. The first-order valence-electron chi connectivity index (χ1n) is 26.6. The fraction of sp³-hybridized carbons (Fsp3) is 0.647. The summed E-state index contributed by atoms with van der Waals surface area (Å²) >= 11 is 0. The summed E-state index contributed by atoms with van der Waals surface area (Å²) in [6.07, 6.45) is -1.94. The second-order valence-electron chi connectivity index (χ2n) is 20.6. The highest BCUT2D eigenvalue weighted by atomic mass is 16.4. The largest absolute Gasteiger partial charge is 0.508 e. The number of likely N-dealkylation sites (tertiary alicyclic amines) is 1. The van der Waals surface area contributed by atoms with Crippen LogP contribution in [-0.2, 0) is 59.2 Å². The van der Waals surface area contributed by atoms with Crippen molar-refractivity contribution in [3.05, 3.63) is 29.8 Å². The Morgan fingerprint density at radius 1 is 0.688 bits per heavy atom. The van der Waals surface area contributed by atoms with Crippen molar-refractivity contribution in [2.75, 3.05) is 26.2 Å². The van der Waals surface area contributed by atoms with E-state index >= 15 is 0 Å². The molecule has 1 aromatic rings. The minimum Gasteiger partial charge on any atom is -0.508 e. The van der Waals surface area contributed by atoms with E-state index in [4.69, 9.17) is 22.9 Å². The number of aromatic hydroxyl groups is 1. The number of carboxylic acid groups (broad SMARTS) is 1. The molecule has 29 heteroatoms. The fourth-order valence-corrected chi connectivity index (χ4v) is 8.49. The molecule has 0 unspecified atom stereocenters. The van der Waals surface area contributed by atoms with Crippen LogP contribution >= 0.6 is 0 Å². The number of aliphatic hydroxyl groups excluding tert-OH is 2. The number of hydrogen-bond donors (Lipinski definition) is 16. The number of hydrogen-bond acceptors (Lipinski definition) is 16. The van der Waals surface area contributed by atoms with Crippen LogP contribution in [0.1, 0.15) is 105 Å². The molecule has 80 heavy (non-hydrogen) atoms. The van der Waals surface area contributed by atoms with Crippen molar-refractivity contribution in [1.82, 2.24) is 47.4 Å². The van der Waals surface area contributed by atoms with Crippen LogP contribution in [0.5, 0.6) is 5.75 Å². The van der Waals surface area contributed by atoms with Gasteiger partial charge in [0.1, 0.15) is 60.1 Å². The first kappa shape index (κ1) is 68.4. The summed E-state index contributed by atoms with van der Waals surface area (Å²) in [4.78, 5) is 153. The highest BCUT2D eigenvalue weighted by molar-refractivity contribution is 5.99. The number of aliphatic hydroxyl groups is 2. The number of rotatable bonds is 34. The minimum atomic E-state index is -1.82. The molecule has 1 fully saturated rings. The molecule has 1 aliphatic rings. The van der Waals surface area contributed by atoms with Gasteiger partial charge in [-0.3, -0.25) is 52.9 Å². The molecule has 1 aromatic carbocycles. The lowest BCUT2D eigenvalue weighted by Crippen LogP contribution is -2.62. The van der Waals surface area contributed by atoms with Gasteiger partial charge < -0.3 is 90.8 Å². The summed E-state index contributed by atoms with van der Waals surface area (Å²) in [5.41, 5.74) is 21.9. The van der Waals surface area contributed by atoms with E-state index in [1.54, 1.807) is 41.5 Å². The molecular formula is C51H84N14O15. The summed E-state index contributed by atoms with van der Waals surface area (Å²) in [7, 11) is 0. The fourth-order valence-electron chi connectivity index (χ4n) is 8.49. The number of carbonyl (C=O) groups is 11. The number of phenolic OH excluding ortho intramolecular Hbond substituents is 1. The Kier molecular flexibility index (Phi) is 28.8. The third kappa shape index (κ3) is 22.6. The molecule has 20 N–H and O–H groups in total. The predicted molar refractivity (Wildman–Crippen MR) is 290 cm³/mol. The van der Waals surface area contributed by atoms with Gasteiger partial charge >= 0.3 is 5.97 Å². The van der Waals surface area contributed by atoms with Gasteiger partial charge in [0.05, 0.1) is 19.3 Å². The first-order valence-corrected chi connectivity index (χ1v) is 26.6. The van der Waals surface area contributed by atoms with Crippen molar-refractivity contribution >= 4 is 71.0 Å². The molecule has 11 atom stereocenters. The van der Waals surface area contributed by atoms with Gasteiger partial charge in [-0.25, -0.2) is 4.79 Å². The molecule has 0 aliphatic carbocycles. The maximum absolute atomic E-state index is 14.3. The quantitative estimate of drug-likeness (QED) is 0.0175. The van der Waals surface area contributed by atoms with Crippen molar-refractivity contribution < 1.29 is 73.2 Å². The monoisotopic (exact) mass is 1130 g/mol. The van der Waals surface area contributed by atoms with Gasteiger partial charge in [-0.1, -0.05) is 60.1 Å². The van der Waals surface area contributed by atoms with Crippen LogP contribution in [0, 0.1) is 17.8 Å². The van der Waals surface area contributed by atoms with E-state index in [0.717, 1.165) is 6.92 Å². The molecular weight excluding hydrogens is 1050 g/mol. The Morgan fingerprint density at radius 2 is 1.24 bits per heavy atom. The summed E-state index contributed by atoms with van der Waals surface area (Å²) in [5, 5.41) is 60.9. The van der Waals surface area contributed by atoms with Crippen molar-refractivity contribution in [2.45, 2.75) is 167 Å². The molecule has 29 nitrogen and oxygen atoms in total. The molecule has 448 valence electrons. The maximum atomic E-state index is 14.3. The summed E-state index contributed by atoms with van der Waals surface area (Å²) in [6.45, 7) is 10.1. The number of nitrogens with one attached hydrogen (secondary N) is 8.